The van der Waals surface area contributed by atoms with Crippen LogP contribution in [0.2, 0.25) is 0 Å². The molecule has 31 heavy (non-hydrogen) atoms. The Hall–Kier alpha value is -2.98. The lowest BCUT2D eigenvalue weighted by molar-refractivity contribution is -0.141. The van der Waals surface area contributed by atoms with Crippen molar-refractivity contribution in [2.45, 2.75) is 37.8 Å². The molecule has 166 valence electrons. The number of aliphatic carboxylic acids is 1. The van der Waals surface area contributed by atoms with Gasteiger partial charge in [0.2, 0.25) is 11.8 Å². The number of piperazine rings is 1. The number of piperidine rings is 1. The van der Waals surface area contributed by atoms with Gasteiger partial charge in [-0.05, 0) is 43.5 Å². The summed E-state index contributed by atoms with van der Waals surface area (Å²) in [4.78, 5) is 49.9. The Morgan fingerprint density at radius 1 is 1.23 bits per heavy atom. The minimum Gasteiger partial charge on any atom is -0.480 e. The van der Waals surface area contributed by atoms with Gasteiger partial charge >= 0.3 is 11.7 Å². The number of aryl methyl sites for hydroxylation is 2. The van der Waals surface area contributed by atoms with Crippen LogP contribution in [0.25, 0.3) is 11.0 Å². The minimum absolute atomic E-state index is 0.214. The number of hydrogen-bond acceptors (Lipinski definition) is 6. The van der Waals surface area contributed by atoms with E-state index in [1.807, 2.05) is 18.2 Å². The molecule has 1 aromatic heterocycles. The summed E-state index contributed by atoms with van der Waals surface area (Å²) in [7, 11) is 1.68. The number of imidazole rings is 1. The van der Waals surface area contributed by atoms with E-state index in [1.165, 1.54) is 9.13 Å². The smallest absolute Gasteiger partial charge is 0.329 e. The maximum absolute atomic E-state index is 12.8. The Morgan fingerprint density at radius 3 is 2.77 bits per heavy atom. The molecule has 0 spiro atoms. The third-order valence-electron chi connectivity index (χ3n) is 6.17. The summed E-state index contributed by atoms with van der Waals surface area (Å²) in [5.74, 6) is -1.57. The average Bonchev–Trinajstić information content (AvgIpc) is 2.99. The van der Waals surface area contributed by atoms with Gasteiger partial charge in [0.15, 0.2) is 0 Å². The topological polar surface area (TPSA) is 126 Å². The lowest BCUT2D eigenvalue weighted by atomic mass is 10.0. The van der Waals surface area contributed by atoms with Crippen molar-refractivity contribution in [3.05, 3.63) is 34.2 Å². The van der Waals surface area contributed by atoms with Crippen LogP contribution in [0.3, 0.4) is 0 Å². The molecule has 0 aliphatic carbocycles. The van der Waals surface area contributed by atoms with Crippen LogP contribution in [0.4, 0.5) is 0 Å². The van der Waals surface area contributed by atoms with Crippen molar-refractivity contribution < 1.29 is 19.5 Å². The molecule has 2 fully saturated rings. The van der Waals surface area contributed by atoms with E-state index in [9.17, 15) is 24.3 Å². The highest BCUT2D eigenvalue weighted by atomic mass is 16.4. The number of imide groups is 1. The van der Waals surface area contributed by atoms with Crippen LogP contribution in [0, 0.1) is 0 Å². The van der Waals surface area contributed by atoms with Crippen molar-refractivity contribution in [2.24, 2.45) is 7.05 Å². The van der Waals surface area contributed by atoms with Crippen LogP contribution in [-0.4, -0.2) is 69.1 Å². The molecular formula is C21H27N5O5. The second kappa shape index (κ2) is 8.64. The first-order valence-electron chi connectivity index (χ1n) is 10.6. The number of hydrogen-bond donors (Lipinski definition) is 3. The van der Waals surface area contributed by atoms with Crippen molar-refractivity contribution in [2.75, 3.05) is 26.2 Å². The molecule has 4 rings (SSSR count). The van der Waals surface area contributed by atoms with Gasteiger partial charge in [-0.25, -0.2) is 4.79 Å². The first-order chi connectivity index (χ1) is 14.8. The van der Waals surface area contributed by atoms with E-state index in [0.717, 1.165) is 37.0 Å². The molecule has 2 amide bonds. The number of fused-ring (bicyclic) bond motifs is 1. The summed E-state index contributed by atoms with van der Waals surface area (Å²) in [6, 6.07) is 4.58. The van der Waals surface area contributed by atoms with Crippen LogP contribution in [0.5, 0.6) is 0 Å². The zero-order valence-corrected chi connectivity index (χ0v) is 17.5. The van der Waals surface area contributed by atoms with Gasteiger partial charge in [-0.2, -0.15) is 0 Å². The molecule has 10 heteroatoms. The SMILES string of the molecule is Cn1c(=O)n(C2CCC(=O)NC2=O)c2ccc(CCCN3CCNC(C(=O)O)C3)cc21. The van der Waals surface area contributed by atoms with Crippen LogP contribution >= 0.6 is 0 Å². The predicted octanol–water partition coefficient (Wildman–Crippen LogP) is -0.391. The predicted molar refractivity (Wildman–Crippen MR) is 113 cm³/mol. The quantitative estimate of drug-likeness (QED) is 0.534. The molecule has 2 aliphatic rings. The van der Waals surface area contributed by atoms with Gasteiger partial charge in [-0.1, -0.05) is 6.07 Å². The first-order valence-corrected chi connectivity index (χ1v) is 10.6. The summed E-state index contributed by atoms with van der Waals surface area (Å²) >= 11 is 0. The van der Waals surface area contributed by atoms with Crippen molar-refractivity contribution in [1.82, 2.24) is 24.7 Å². The fourth-order valence-electron chi connectivity index (χ4n) is 4.48. The monoisotopic (exact) mass is 429 g/mol. The van der Waals surface area contributed by atoms with Gasteiger partial charge in [-0.15, -0.1) is 0 Å². The van der Waals surface area contributed by atoms with Crippen molar-refractivity contribution in [3.63, 3.8) is 0 Å². The second-order valence-electron chi connectivity index (χ2n) is 8.25. The third kappa shape index (κ3) is 4.26. The van der Waals surface area contributed by atoms with E-state index < -0.39 is 24.0 Å². The molecule has 3 heterocycles. The molecule has 2 aromatic rings. The fourth-order valence-corrected chi connectivity index (χ4v) is 4.48. The molecule has 2 saturated heterocycles. The molecule has 2 aliphatic heterocycles. The van der Waals surface area contributed by atoms with E-state index in [2.05, 4.69) is 15.5 Å². The number of amides is 2. The number of rotatable bonds is 6. The number of nitrogens with one attached hydrogen (secondary N) is 2. The molecule has 0 radical (unpaired) electrons. The highest BCUT2D eigenvalue weighted by Crippen LogP contribution is 2.24. The summed E-state index contributed by atoms with van der Waals surface area (Å²) in [5.41, 5.74) is 2.23. The van der Waals surface area contributed by atoms with E-state index in [1.54, 1.807) is 7.05 Å². The standard InChI is InChI=1S/C21H27N5O5/c1-24-17-11-13(3-2-9-25-10-8-22-14(12-25)20(29)30)4-5-15(17)26(21(24)31)16-6-7-18(27)23-19(16)28/h4-5,11,14,16,22H,2-3,6-10,12H2,1H3,(H,29,30)(H,23,27,28). The number of carbonyl (C=O) groups is 3. The average molecular weight is 429 g/mol. The molecule has 10 nitrogen and oxygen atoms in total. The lowest BCUT2D eigenvalue weighted by Gasteiger charge is -2.31. The van der Waals surface area contributed by atoms with Crippen LogP contribution in [-0.2, 0) is 27.9 Å². The first kappa shape index (κ1) is 21.3. The molecule has 0 bridgehead atoms. The highest BCUT2D eigenvalue weighted by molar-refractivity contribution is 6.00. The maximum atomic E-state index is 12.8. The zero-order chi connectivity index (χ0) is 22.1. The number of carboxylic acid groups (broad SMARTS) is 1. The van der Waals surface area contributed by atoms with Crippen molar-refractivity contribution >= 4 is 28.8 Å². The summed E-state index contributed by atoms with van der Waals surface area (Å²) in [5, 5.41) is 14.5. The summed E-state index contributed by atoms with van der Waals surface area (Å²) in [6.07, 6.45) is 2.20. The molecule has 1 aromatic carbocycles. The minimum atomic E-state index is -0.823. The molecule has 0 saturated carbocycles. The Bertz CT molecular complexity index is 1090. The normalized spacial score (nSPS) is 22.6. The van der Waals surface area contributed by atoms with Crippen LogP contribution in [0.1, 0.15) is 30.9 Å². The van der Waals surface area contributed by atoms with Crippen LogP contribution in [0.15, 0.2) is 23.0 Å². The van der Waals surface area contributed by atoms with Crippen LogP contribution < -0.4 is 16.3 Å². The van der Waals surface area contributed by atoms with Gasteiger partial charge in [0.25, 0.3) is 0 Å². The van der Waals surface area contributed by atoms with Gasteiger partial charge in [0, 0.05) is 33.1 Å². The van der Waals surface area contributed by atoms with Crippen molar-refractivity contribution in [1.29, 1.82) is 0 Å². The lowest BCUT2D eigenvalue weighted by Crippen LogP contribution is -2.54. The molecule has 3 N–H and O–H groups in total. The molecule has 2 unspecified atom stereocenters. The molecular weight excluding hydrogens is 402 g/mol. The van der Waals surface area contributed by atoms with E-state index in [4.69, 9.17) is 0 Å². The van der Waals surface area contributed by atoms with Crippen molar-refractivity contribution in [3.8, 4) is 0 Å². The highest BCUT2D eigenvalue weighted by Gasteiger charge is 2.31. The van der Waals surface area contributed by atoms with E-state index in [-0.39, 0.29) is 18.0 Å². The Kier molecular flexibility index (Phi) is 5.92. The van der Waals surface area contributed by atoms with Gasteiger partial charge in [0.05, 0.1) is 11.0 Å². The number of carbonyl (C=O) groups excluding carboxylic acids is 2. The number of benzene rings is 1. The number of aromatic nitrogens is 2. The van der Waals surface area contributed by atoms with E-state index in [0.29, 0.717) is 25.0 Å². The van der Waals surface area contributed by atoms with Gasteiger partial charge in [0.1, 0.15) is 12.1 Å². The molecule has 2 atom stereocenters. The number of carboxylic acids is 1. The van der Waals surface area contributed by atoms with E-state index >= 15 is 0 Å². The third-order valence-corrected chi connectivity index (χ3v) is 6.17. The summed E-state index contributed by atoms with van der Waals surface area (Å²) < 4.78 is 3.02. The zero-order valence-electron chi connectivity index (χ0n) is 17.5. The Balaban J connectivity index is 1.47. The van der Waals surface area contributed by atoms with Gasteiger partial charge in [-0.3, -0.25) is 33.7 Å². The summed E-state index contributed by atoms with van der Waals surface area (Å²) in [6.45, 7) is 2.79. The largest absolute Gasteiger partial charge is 0.480 e. The maximum Gasteiger partial charge on any atom is 0.329 e. The number of nitrogens with zero attached hydrogens (tertiary/aromatic N) is 3. The fraction of sp³-hybridized carbons (Fsp3) is 0.524. The Labute approximate surface area is 178 Å². The van der Waals surface area contributed by atoms with Gasteiger partial charge < -0.3 is 10.4 Å². The second-order valence-corrected chi connectivity index (χ2v) is 8.25. The Morgan fingerprint density at radius 2 is 2.03 bits per heavy atom.